The Morgan fingerprint density at radius 1 is 1.18 bits per heavy atom. The van der Waals surface area contributed by atoms with E-state index in [1.54, 1.807) is 22.9 Å². The topological polar surface area (TPSA) is 38.1 Å². The van der Waals surface area contributed by atoms with Gasteiger partial charge in [0, 0.05) is 24.2 Å². The third-order valence-electron chi connectivity index (χ3n) is 3.56. The molecule has 0 fully saturated rings. The second-order valence-electron chi connectivity index (χ2n) is 5.38. The van der Waals surface area contributed by atoms with Crippen molar-refractivity contribution < 1.29 is 4.79 Å². The summed E-state index contributed by atoms with van der Waals surface area (Å²) in [5.41, 5.74) is 1.33. The second kappa shape index (κ2) is 7.49. The quantitative estimate of drug-likeness (QED) is 0.816. The Labute approximate surface area is 136 Å². The summed E-state index contributed by atoms with van der Waals surface area (Å²) in [7, 11) is 0. The predicted octanol–water partition coefficient (Wildman–Crippen LogP) is 4.47. The molecule has 5 heteroatoms. The first kappa shape index (κ1) is 16.6. The molecule has 0 saturated heterocycles. The van der Waals surface area contributed by atoms with Crippen LogP contribution in [0.2, 0.25) is 0 Å². The van der Waals surface area contributed by atoms with E-state index in [1.807, 2.05) is 19.9 Å². The standard InChI is InChI=1S/C17H23N3OS/c1-5-19(6-2)17(21)20-12-11-16(18-20)22-15-9-7-14(8-10-15)13(3)4/h7-13H,5-6H2,1-4H3. The highest BCUT2D eigenvalue weighted by atomic mass is 32.2. The van der Waals surface area contributed by atoms with Gasteiger partial charge in [-0.2, -0.15) is 9.78 Å². The Kier molecular flexibility index (Phi) is 5.66. The Hall–Kier alpha value is -1.75. The average Bonchev–Trinajstić information content (AvgIpc) is 2.97. The first-order valence-corrected chi connectivity index (χ1v) is 8.49. The van der Waals surface area contributed by atoms with Crippen LogP contribution in [0.25, 0.3) is 0 Å². The zero-order valence-corrected chi connectivity index (χ0v) is 14.4. The summed E-state index contributed by atoms with van der Waals surface area (Å²) < 4.78 is 1.41. The normalized spacial score (nSPS) is 11.0. The van der Waals surface area contributed by atoms with Crippen molar-refractivity contribution in [1.82, 2.24) is 14.7 Å². The highest BCUT2D eigenvalue weighted by Gasteiger charge is 2.13. The molecule has 1 aromatic heterocycles. The van der Waals surface area contributed by atoms with E-state index in [1.165, 1.54) is 10.2 Å². The summed E-state index contributed by atoms with van der Waals surface area (Å²) >= 11 is 1.57. The van der Waals surface area contributed by atoms with Crippen molar-refractivity contribution in [3.63, 3.8) is 0 Å². The maximum absolute atomic E-state index is 12.2. The van der Waals surface area contributed by atoms with E-state index in [0.29, 0.717) is 19.0 Å². The summed E-state index contributed by atoms with van der Waals surface area (Å²) in [5.74, 6) is 0.532. The molecular weight excluding hydrogens is 294 g/mol. The summed E-state index contributed by atoms with van der Waals surface area (Å²) in [6.45, 7) is 9.68. The first-order valence-electron chi connectivity index (χ1n) is 7.67. The summed E-state index contributed by atoms with van der Waals surface area (Å²) in [6, 6.07) is 10.3. The molecular formula is C17H23N3OS. The molecule has 0 unspecified atom stereocenters. The predicted molar refractivity (Wildman–Crippen MR) is 90.6 cm³/mol. The molecule has 118 valence electrons. The third-order valence-corrected chi connectivity index (χ3v) is 4.50. The maximum atomic E-state index is 12.2. The molecule has 0 aliphatic carbocycles. The number of carbonyl (C=O) groups is 1. The van der Waals surface area contributed by atoms with Crippen molar-refractivity contribution in [3.8, 4) is 0 Å². The van der Waals surface area contributed by atoms with Crippen LogP contribution in [-0.2, 0) is 0 Å². The molecule has 0 N–H and O–H groups in total. The Balaban J connectivity index is 2.07. The zero-order valence-electron chi connectivity index (χ0n) is 13.6. The van der Waals surface area contributed by atoms with E-state index in [0.717, 1.165) is 9.92 Å². The minimum atomic E-state index is -0.0768. The summed E-state index contributed by atoms with van der Waals surface area (Å²) in [4.78, 5) is 15.1. The van der Waals surface area contributed by atoms with Crippen LogP contribution >= 0.6 is 11.8 Å². The Morgan fingerprint density at radius 2 is 1.82 bits per heavy atom. The fourth-order valence-electron chi connectivity index (χ4n) is 2.15. The molecule has 1 aromatic carbocycles. The molecule has 0 spiro atoms. The molecule has 0 saturated carbocycles. The molecule has 0 atom stereocenters. The van der Waals surface area contributed by atoms with Crippen LogP contribution in [0, 0.1) is 0 Å². The van der Waals surface area contributed by atoms with E-state index in [2.05, 4.69) is 43.2 Å². The number of aromatic nitrogens is 2. The maximum Gasteiger partial charge on any atom is 0.344 e. The lowest BCUT2D eigenvalue weighted by Gasteiger charge is -2.17. The van der Waals surface area contributed by atoms with Crippen molar-refractivity contribution in [2.24, 2.45) is 0 Å². The number of benzene rings is 1. The average molecular weight is 317 g/mol. The van der Waals surface area contributed by atoms with Crippen LogP contribution in [0.1, 0.15) is 39.2 Å². The Morgan fingerprint density at radius 3 is 2.36 bits per heavy atom. The highest BCUT2D eigenvalue weighted by molar-refractivity contribution is 7.99. The molecule has 1 heterocycles. The van der Waals surface area contributed by atoms with Crippen LogP contribution in [0.15, 0.2) is 46.5 Å². The molecule has 2 rings (SSSR count). The monoisotopic (exact) mass is 317 g/mol. The zero-order chi connectivity index (χ0) is 16.1. The number of nitrogens with zero attached hydrogens (tertiary/aromatic N) is 3. The molecule has 4 nitrogen and oxygen atoms in total. The van der Waals surface area contributed by atoms with E-state index < -0.39 is 0 Å². The highest BCUT2D eigenvalue weighted by Crippen LogP contribution is 2.27. The van der Waals surface area contributed by atoms with E-state index >= 15 is 0 Å². The molecule has 0 radical (unpaired) electrons. The number of rotatable bonds is 5. The minimum Gasteiger partial charge on any atom is -0.323 e. The lowest BCUT2D eigenvalue weighted by Crippen LogP contribution is -2.34. The minimum absolute atomic E-state index is 0.0768. The lowest BCUT2D eigenvalue weighted by atomic mass is 10.0. The lowest BCUT2D eigenvalue weighted by molar-refractivity contribution is 0.201. The van der Waals surface area contributed by atoms with Gasteiger partial charge in [-0.25, -0.2) is 4.79 Å². The van der Waals surface area contributed by atoms with E-state index in [9.17, 15) is 4.79 Å². The number of amides is 1. The largest absolute Gasteiger partial charge is 0.344 e. The van der Waals surface area contributed by atoms with Crippen LogP contribution in [-0.4, -0.2) is 33.8 Å². The summed E-state index contributed by atoms with van der Waals surface area (Å²) in [6.07, 6.45) is 1.73. The van der Waals surface area contributed by atoms with Crippen LogP contribution in [0.5, 0.6) is 0 Å². The SMILES string of the molecule is CCN(CC)C(=O)n1ccc(Sc2ccc(C(C)C)cc2)n1. The van der Waals surface area contributed by atoms with Crippen molar-refractivity contribution in [3.05, 3.63) is 42.1 Å². The van der Waals surface area contributed by atoms with E-state index in [4.69, 9.17) is 0 Å². The van der Waals surface area contributed by atoms with Gasteiger partial charge in [0.1, 0.15) is 5.03 Å². The molecule has 2 aromatic rings. The van der Waals surface area contributed by atoms with Gasteiger partial charge in [0.15, 0.2) is 0 Å². The summed E-state index contributed by atoms with van der Waals surface area (Å²) in [5, 5.41) is 5.20. The fourth-order valence-corrected chi connectivity index (χ4v) is 2.92. The van der Waals surface area contributed by atoms with Crippen molar-refractivity contribution in [2.75, 3.05) is 13.1 Å². The molecule has 1 amide bonds. The van der Waals surface area contributed by atoms with Gasteiger partial charge < -0.3 is 4.90 Å². The molecule has 0 aliphatic rings. The first-order chi connectivity index (χ1) is 10.5. The van der Waals surface area contributed by atoms with Gasteiger partial charge in [0.25, 0.3) is 0 Å². The van der Waals surface area contributed by atoms with Crippen LogP contribution in [0.4, 0.5) is 4.79 Å². The molecule has 0 aliphatic heterocycles. The van der Waals surface area contributed by atoms with Gasteiger partial charge in [-0.1, -0.05) is 37.7 Å². The van der Waals surface area contributed by atoms with Gasteiger partial charge >= 0.3 is 6.03 Å². The van der Waals surface area contributed by atoms with Gasteiger partial charge in [-0.3, -0.25) is 0 Å². The van der Waals surface area contributed by atoms with Gasteiger partial charge in [0.05, 0.1) is 0 Å². The van der Waals surface area contributed by atoms with Crippen LogP contribution < -0.4 is 0 Å². The number of hydrogen-bond acceptors (Lipinski definition) is 3. The smallest absolute Gasteiger partial charge is 0.323 e. The van der Waals surface area contributed by atoms with Gasteiger partial charge in [-0.05, 0) is 43.5 Å². The third kappa shape index (κ3) is 3.91. The van der Waals surface area contributed by atoms with Crippen LogP contribution in [0.3, 0.4) is 0 Å². The van der Waals surface area contributed by atoms with E-state index in [-0.39, 0.29) is 6.03 Å². The fraction of sp³-hybridized carbons (Fsp3) is 0.412. The Bertz CT molecular complexity index is 615. The van der Waals surface area contributed by atoms with Gasteiger partial charge in [0.2, 0.25) is 0 Å². The van der Waals surface area contributed by atoms with Crippen molar-refractivity contribution in [1.29, 1.82) is 0 Å². The van der Waals surface area contributed by atoms with Crippen molar-refractivity contribution in [2.45, 2.75) is 43.5 Å². The number of carbonyl (C=O) groups excluding carboxylic acids is 1. The molecule has 0 bridgehead atoms. The second-order valence-corrected chi connectivity index (χ2v) is 6.47. The molecule has 22 heavy (non-hydrogen) atoms. The van der Waals surface area contributed by atoms with Crippen molar-refractivity contribution >= 4 is 17.8 Å². The number of hydrogen-bond donors (Lipinski definition) is 0. The van der Waals surface area contributed by atoms with Gasteiger partial charge in [-0.15, -0.1) is 0 Å².